The van der Waals surface area contributed by atoms with Crippen LogP contribution < -0.4 is 4.90 Å². The molecule has 5 nitrogen and oxygen atoms in total. The van der Waals surface area contributed by atoms with Crippen LogP contribution in [0.2, 0.25) is 0 Å². The molecule has 2 fully saturated rings. The minimum Gasteiger partial charge on any atom is -0.337 e. The van der Waals surface area contributed by atoms with Gasteiger partial charge in [0.05, 0.1) is 0 Å². The molecule has 5 heteroatoms. The van der Waals surface area contributed by atoms with Crippen LogP contribution in [0.1, 0.15) is 97.0 Å². The Bertz CT molecular complexity index is 850. The van der Waals surface area contributed by atoms with Crippen molar-refractivity contribution in [2.45, 2.75) is 110 Å². The zero-order valence-electron chi connectivity index (χ0n) is 22.4. The molecule has 0 radical (unpaired) electrons. The molecule has 0 N–H and O–H groups in total. The van der Waals surface area contributed by atoms with Crippen LogP contribution in [0.4, 0.5) is 5.69 Å². The van der Waals surface area contributed by atoms with E-state index in [0.29, 0.717) is 43.3 Å². The van der Waals surface area contributed by atoms with Gasteiger partial charge in [-0.1, -0.05) is 64.7 Å². The molecule has 1 aromatic carbocycles. The average Bonchev–Trinajstić information content (AvgIpc) is 2.83. The van der Waals surface area contributed by atoms with Gasteiger partial charge in [0.1, 0.15) is 0 Å². The van der Waals surface area contributed by atoms with Crippen LogP contribution >= 0.6 is 0 Å². The first kappa shape index (κ1) is 26.2. The van der Waals surface area contributed by atoms with Crippen molar-refractivity contribution in [1.82, 2.24) is 9.80 Å². The number of rotatable bonds is 7. The van der Waals surface area contributed by atoms with E-state index in [-0.39, 0.29) is 5.91 Å². The molecule has 1 saturated heterocycles. The van der Waals surface area contributed by atoms with Gasteiger partial charge in [0.25, 0.3) is 0 Å². The number of carbonyl (C=O) groups excluding carboxylic acids is 2. The van der Waals surface area contributed by atoms with Crippen LogP contribution in [0, 0.1) is 11.8 Å². The molecule has 35 heavy (non-hydrogen) atoms. The Balaban J connectivity index is 1.65. The fourth-order valence-electron chi connectivity index (χ4n) is 6.24. The molecule has 2 unspecified atom stereocenters. The third-order valence-electron chi connectivity index (χ3n) is 8.69. The fraction of sp³-hybridized carbons (Fsp3) is 0.733. The number of benzene rings is 1. The molecule has 2 amide bonds. The van der Waals surface area contributed by atoms with Crippen molar-refractivity contribution in [2.75, 3.05) is 24.5 Å². The lowest BCUT2D eigenvalue weighted by Crippen LogP contribution is -2.53. The van der Waals surface area contributed by atoms with E-state index in [0.717, 1.165) is 49.6 Å². The average molecular weight is 482 g/mol. The van der Waals surface area contributed by atoms with Crippen LogP contribution in [-0.2, 0) is 16.1 Å². The van der Waals surface area contributed by atoms with Gasteiger partial charge in [0, 0.05) is 50.2 Å². The van der Waals surface area contributed by atoms with E-state index in [2.05, 4.69) is 41.8 Å². The van der Waals surface area contributed by atoms with E-state index in [1.165, 1.54) is 44.9 Å². The Morgan fingerprint density at radius 1 is 0.971 bits per heavy atom. The zero-order chi connectivity index (χ0) is 24.8. The zero-order valence-corrected chi connectivity index (χ0v) is 22.4. The second-order valence-electron chi connectivity index (χ2n) is 11.6. The van der Waals surface area contributed by atoms with Crippen molar-refractivity contribution in [2.24, 2.45) is 11.8 Å². The Labute approximate surface area is 213 Å². The Morgan fingerprint density at radius 3 is 2.43 bits per heavy atom. The lowest BCUT2D eigenvalue weighted by Gasteiger charge is -2.44. The highest BCUT2D eigenvalue weighted by Crippen LogP contribution is 2.33. The second kappa shape index (κ2) is 12.4. The highest BCUT2D eigenvalue weighted by atomic mass is 16.2. The molecule has 2 heterocycles. The van der Waals surface area contributed by atoms with E-state index < -0.39 is 0 Å². The van der Waals surface area contributed by atoms with Crippen LogP contribution in [-0.4, -0.2) is 53.3 Å². The molecule has 1 aliphatic carbocycles. The van der Waals surface area contributed by atoms with Crippen molar-refractivity contribution >= 4 is 17.5 Å². The van der Waals surface area contributed by atoms with Gasteiger partial charge >= 0.3 is 0 Å². The third-order valence-corrected chi connectivity index (χ3v) is 8.69. The second-order valence-corrected chi connectivity index (χ2v) is 11.6. The van der Waals surface area contributed by atoms with Crippen molar-refractivity contribution in [3.05, 3.63) is 29.8 Å². The molecular formula is C30H47N3O2. The molecule has 0 spiro atoms. The quantitative estimate of drug-likeness (QED) is 0.479. The number of fused-ring (bicyclic) bond motifs is 3. The number of hydrogen-bond acceptors (Lipinski definition) is 3. The van der Waals surface area contributed by atoms with E-state index in [4.69, 9.17) is 0 Å². The summed E-state index contributed by atoms with van der Waals surface area (Å²) in [6, 6.07) is 9.19. The lowest BCUT2D eigenvalue weighted by molar-refractivity contribution is -0.133. The van der Waals surface area contributed by atoms with E-state index in [9.17, 15) is 9.59 Å². The van der Waals surface area contributed by atoms with Gasteiger partial charge in [-0.05, 0) is 62.1 Å². The molecule has 0 aromatic heterocycles. The van der Waals surface area contributed by atoms with Crippen molar-refractivity contribution in [1.29, 1.82) is 0 Å². The van der Waals surface area contributed by atoms with Gasteiger partial charge in [0.15, 0.2) is 0 Å². The number of hydrogen-bond donors (Lipinski definition) is 0. The maximum Gasteiger partial charge on any atom is 0.226 e. The summed E-state index contributed by atoms with van der Waals surface area (Å²) in [5, 5.41) is 0. The Morgan fingerprint density at radius 2 is 1.71 bits per heavy atom. The fourth-order valence-corrected chi connectivity index (χ4v) is 6.24. The number of amides is 2. The minimum absolute atomic E-state index is 0.181. The molecule has 2 bridgehead atoms. The Kier molecular flexibility index (Phi) is 9.27. The lowest BCUT2D eigenvalue weighted by atomic mass is 9.82. The van der Waals surface area contributed by atoms with Gasteiger partial charge in [-0.15, -0.1) is 0 Å². The molecule has 3 aliphatic rings. The standard InChI is InChI=1S/C30H47N3O2/c1-4-29(34)33-20-18-26-12-8-13-27(32(26)19-17-23(2)3)22-31(21-25-11-5-6-14-28(25)33)30(35)16-15-24-9-7-10-24/h5-6,11,14,23-24,26-27H,4,7-10,12-13,15-22H2,1-3H3. The SMILES string of the molecule is CCC(=O)N1CCC2CCCC(CN(C(=O)CCC3CCC3)Cc3ccccc31)N2CCC(C)C. The molecule has 2 atom stereocenters. The van der Waals surface area contributed by atoms with Crippen molar-refractivity contribution in [3.8, 4) is 0 Å². The van der Waals surface area contributed by atoms with Gasteiger partial charge in [-0.25, -0.2) is 0 Å². The number of para-hydroxylation sites is 1. The normalized spacial score (nSPS) is 24.0. The highest BCUT2D eigenvalue weighted by molar-refractivity contribution is 5.94. The third kappa shape index (κ3) is 6.67. The summed E-state index contributed by atoms with van der Waals surface area (Å²) in [7, 11) is 0. The molecule has 1 saturated carbocycles. The molecule has 1 aromatic rings. The number of anilines is 1. The summed E-state index contributed by atoms with van der Waals surface area (Å²) in [5.74, 6) is 1.89. The summed E-state index contributed by atoms with van der Waals surface area (Å²) < 4.78 is 0. The highest BCUT2D eigenvalue weighted by Gasteiger charge is 2.34. The van der Waals surface area contributed by atoms with Crippen LogP contribution in [0.15, 0.2) is 24.3 Å². The van der Waals surface area contributed by atoms with E-state index in [1.807, 2.05) is 17.9 Å². The largest absolute Gasteiger partial charge is 0.337 e. The smallest absolute Gasteiger partial charge is 0.226 e. The maximum atomic E-state index is 13.6. The minimum atomic E-state index is 0.181. The molecular weight excluding hydrogens is 434 g/mol. The van der Waals surface area contributed by atoms with Gasteiger partial charge in [-0.3, -0.25) is 14.5 Å². The first-order valence-electron chi connectivity index (χ1n) is 14.4. The monoisotopic (exact) mass is 481 g/mol. The number of nitrogens with zero attached hydrogens (tertiary/aromatic N) is 3. The predicted octanol–water partition coefficient (Wildman–Crippen LogP) is 6.01. The van der Waals surface area contributed by atoms with Crippen LogP contribution in [0.5, 0.6) is 0 Å². The Hall–Kier alpha value is -1.88. The number of piperidine rings is 1. The van der Waals surface area contributed by atoms with E-state index in [1.54, 1.807) is 0 Å². The molecule has 2 aliphatic heterocycles. The molecule has 4 rings (SSSR count). The summed E-state index contributed by atoms with van der Waals surface area (Å²) in [6.45, 7) is 9.83. The van der Waals surface area contributed by atoms with Crippen molar-refractivity contribution in [3.63, 3.8) is 0 Å². The summed E-state index contributed by atoms with van der Waals surface area (Å²) in [5.41, 5.74) is 2.11. The topological polar surface area (TPSA) is 43.9 Å². The number of carbonyl (C=O) groups is 2. The van der Waals surface area contributed by atoms with Crippen LogP contribution in [0.3, 0.4) is 0 Å². The maximum absolute atomic E-state index is 13.6. The van der Waals surface area contributed by atoms with Gasteiger partial charge in [0.2, 0.25) is 11.8 Å². The summed E-state index contributed by atoms with van der Waals surface area (Å²) in [4.78, 5) is 33.6. The first-order valence-corrected chi connectivity index (χ1v) is 14.4. The summed E-state index contributed by atoms with van der Waals surface area (Å²) in [6.07, 6.45) is 11.9. The van der Waals surface area contributed by atoms with E-state index >= 15 is 0 Å². The van der Waals surface area contributed by atoms with Crippen molar-refractivity contribution < 1.29 is 9.59 Å². The predicted molar refractivity (Wildman–Crippen MR) is 143 cm³/mol. The van der Waals surface area contributed by atoms with Gasteiger partial charge < -0.3 is 9.80 Å². The van der Waals surface area contributed by atoms with Crippen LogP contribution in [0.25, 0.3) is 0 Å². The first-order chi connectivity index (χ1) is 17.0. The molecule has 194 valence electrons. The summed E-state index contributed by atoms with van der Waals surface area (Å²) >= 11 is 0. The van der Waals surface area contributed by atoms with Gasteiger partial charge in [-0.2, -0.15) is 0 Å².